The van der Waals surface area contributed by atoms with E-state index in [0.29, 0.717) is 28.4 Å². The van der Waals surface area contributed by atoms with Crippen LogP contribution in [0.3, 0.4) is 0 Å². The first kappa shape index (κ1) is 24.0. The van der Waals surface area contributed by atoms with Gasteiger partial charge in [0.25, 0.3) is 11.7 Å². The monoisotopic (exact) mass is 473 g/mol. The minimum atomic E-state index is -0.799. The van der Waals surface area contributed by atoms with Gasteiger partial charge >= 0.3 is 0 Å². The highest BCUT2D eigenvalue weighted by atomic mass is 16.5. The summed E-state index contributed by atoms with van der Waals surface area (Å²) < 4.78 is 16.4. The van der Waals surface area contributed by atoms with Gasteiger partial charge in [0.05, 0.1) is 25.3 Å². The number of Topliss-reactive ketones (excluding diaryl/α,β-unsaturated/α-hetero) is 1. The van der Waals surface area contributed by atoms with Gasteiger partial charge < -0.3 is 24.2 Å². The molecule has 1 aliphatic heterocycles. The fourth-order valence-corrected chi connectivity index (χ4v) is 4.20. The zero-order valence-electron chi connectivity index (χ0n) is 19.9. The van der Waals surface area contributed by atoms with E-state index in [1.165, 1.54) is 12.0 Å². The first-order chi connectivity index (χ1) is 16.9. The van der Waals surface area contributed by atoms with E-state index in [0.717, 1.165) is 5.56 Å². The molecule has 7 nitrogen and oxygen atoms in total. The summed E-state index contributed by atoms with van der Waals surface area (Å²) in [6.45, 7) is 2.27. The van der Waals surface area contributed by atoms with Gasteiger partial charge in [0, 0.05) is 19.2 Å². The molecule has 7 heteroatoms. The summed E-state index contributed by atoms with van der Waals surface area (Å²) in [5.41, 5.74) is 1.88. The van der Waals surface area contributed by atoms with Crippen molar-refractivity contribution in [1.82, 2.24) is 4.90 Å². The molecule has 1 N–H and O–H groups in total. The van der Waals surface area contributed by atoms with Crippen LogP contribution in [0.15, 0.2) is 78.4 Å². The molecule has 3 aromatic carbocycles. The highest BCUT2D eigenvalue weighted by Gasteiger charge is 2.46. The van der Waals surface area contributed by atoms with Crippen LogP contribution >= 0.6 is 0 Å². The second-order valence-corrected chi connectivity index (χ2v) is 8.16. The number of aryl methyl sites for hydroxylation is 1. The van der Waals surface area contributed by atoms with Crippen molar-refractivity contribution < 1.29 is 28.9 Å². The lowest BCUT2D eigenvalue weighted by Crippen LogP contribution is -2.32. The third-order valence-electron chi connectivity index (χ3n) is 5.90. The Bertz CT molecular complexity index is 1270. The predicted octanol–water partition coefficient (Wildman–Crippen LogP) is 4.86. The zero-order chi connectivity index (χ0) is 24.9. The number of aliphatic hydroxyl groups is 1. The summed E-state index contributed by atoms with van der Waals surface area (Å²) in [6, 6.07) is 20.8. The molecule has 3 aromatic rings. The lowest BCUT2D eigenvalue weighted by Gasteiger charge is -2.25. The van der Waals surface area contributed by atoms with Crippen LogP contribution in [0.5, 0.6) is 17.2 Å². The number of ketones is 1. The highest BCUT2D eigenvalue weighted by molar-refractivity contribution is 6.46. The van der Waals surface area contributed by atoms with E-state index in [1.807, 2.05) is 37.3 Å². The fourth-order valence-electron chi connectivity index (χ4n) is 4.20. The molecule has 1 saturated heterocycles. The molecule has 0 aromatic heterocycles. The number of benzene rings is 3. The minimum absolute atomic E-state index is 0.0209. The number of hydrogen-bond acceptors (Lipinski definition) is 6. The van der Waals surface area contributed by atoms with Crippen molar-refractivity contribution in [2.75, 3.05) is 27.4 Å². The van der Waals surface area contributed by atoms with Gasteiger partial charge in [0.1, 0.15) is 23.0 Å². The molecular weight excluding hydrogens is 446 g/mol. The van der Waals surface area contributed by atoms with E-state index in [1.54, 1.807) is 49.6 Å². The Morgan fingerprint density at radius 3 is 2.37 bits per heavy atom. The fraction of sp³-hybridized carbons (Fsp3) is 0.214. The number of aliphatic hydroxyl groups excluding tert-OH is 1. The lowest BCUT2D eigenvalue weighted by atomic mass is 9.94. The van der Waals surface area contributed by atoms with E-state index in [-0.39, 0.29) is 24.5 Å². The Morgan fingerprint density at radius 1 is 0.943 bits per heavy atom. The van der Waals surface area contributed by atoms with Crippen LogP contribution in [0.2, 0.25) is 0 Å². The molecule has 0 radical (unpaired) electrons. The maximum absolute atomic E-state index is 13.2. The minimum Gasteiger partial charge on any atom is -0.507 e. The molecule has 1 fully saturated rings. The molecule has 0 bridgehead atoms. The topological polar surface area (TPSA) is 85.3 Å². The van der Waals surface area contributed by atoms with Crippen molar-refractivity contribution in [1.29, 1.82) is 0 Å². The largest absolute Gasteiger partial charge is 0.507 e. The van der Waals surface area contributed by atoms with Crippen LogP contribution in [0.4, 0.5) is 0 Å². The van der Waals surface area contributed by atoms with Crippen LogP contribution < -0.4 is 9.47 Å². The number of methoxy groups -OCH3 is 2. The number of ether oxygens (including phenoxy) is 3. The van der Waals surface area contributed by atoms with Crippen molar-refractivity contribution in [3.63, 3.8) is 0 Å². The molecule has 0 spiro atoms. The van der Waals surface area contributed by atoms with E-state index in [2.05, 4.69) is 0 Å². The van der Waals surface area contributed by atoms with E-state index < -0.39 is 17.7 Å². The van der Waals surface area contributed by atoms with E-state index >= 15 is 0 Å². The van der Waals surface area contributed by atoms with Gasteiger partial charge in [-0.1, -0.05) is 30.3 Å². The zero-order valence-corrected chi connectivity index (χ0v) is 19.9. The molecule has 180 valence electrons. The molecule has 4 rings (SSSR count). The number of hydrogen-bond donors (Lipinski definition) is 1. The Morgan fingerprint density at radius 2 is 1.69 bits per heavy atom. The molecule has 35 heavy (non-hydrogen) atoms. The number of nitrogens with zero attached hydrogens (tertiary/aromatic N) is 1. The van der Waals surface area contributed by atoms with Gasteiger partial charge in [-0.2, -0.15) is 0 Å². The molecule has 1 amide bonds. The van der Waals surface area contributed by atoms with Gasteiger partial charge in [0.2, 0.25) is 0 Å². The van der Waals surface area contributed by atoms with Crippen LogP contribution in [-0.4, -0.2) is 49.1 Å². The quantitative estimate of drug-likeness (QED) is 0.286. The summed E-state index contributed by atoms with van der Waals surface area (Å²) >= 11 is 0. The average molecular weight is 474 g/mol. The maximum atomic E-state index is 13.2. The van der Waals surface area contributed by atoms with Crippen LogP contribution in [0.25, 0.3) is 5.76 Å². The summed E-state index contributed by atoms with van der Waals surface area (Å²) in [5, 5.41) is 11.3. The molecule has 1 heterocycles. The smallest absolute Gasteiger partial charge is 0.295 e. The van der Waals surface area contributed by atoms with Gasteiger partial charge in [-0.25, -0.2) is 0 Å². The Kier molecular flexibility index (Phi) is 7.17. The van der Waals surface area contributed by atoms with Gasteiger partial charge in [-0.3, -0.25) is 9.59 Å². The highest BCUT2D eigenvalue weighted by Crippen LogP contribution is 2.40. The third-order valence-corrected chi connectivity index (χ3v) is 5.90. The summed E-state index contributed by atoms with van der Waals surface area (Å²) in [7, 11) is 3.09. The van der Waals surface area contributed by atoms with Crippen molar-refractivity contribution in [2.45, 2.75) is 13.0 Å². The number of rotatable bonds is 8. The van der Waals surface area contributed by atoms with E-state index in [9.17, 15) is 14.7 Å². The second kappa shape index (κ2) is 10.4. The second-order valence-electron chi connectivity index (χ2n) is 8.16. The lowest BCUT2D eigenvalue weighted by molar-refractivity contribution is -0.140. The number of carbonyl (C=O) groups is 2. The van der Waals surface area contributed by atoms with Crippen LogP contribution in [0, 0.1) is 6.92 Å². The average Bonchev–Trinajstić information content (AvgIpc) is 3.12. The molecular formula is C28H27NO6. The first-order valence-electron chi connectivity index (χ1n) is 11.2. The SMILES string of the molecule is COCCN1C(=O)C(=O)C(=C(O)c2ccc(OC)c(C)c2)C1c1cccc(Oc2ccccc2)c1. The summed E-state index contributed by atoms with van der Waals surface area (Å²) in [4.78, 5) is 27.6. The van der Waals surface area contributed by atoms with Crippen LogP contribution in [-0.2, 0) is 14.3 Å². The molecule has 1 atom stereocenters. The van der Waals surface area contributed by atoms with Gasteiger partial charge in [-0.15, -0.1) is 0 Å². The molecule has 0 aliphatic carbocycles. The van der Waals surface area contributed by atoms with Crippen molar-refractivity contribution in [3.8, 4) is 17.2 Å². The van der Waals surface area contributed by atoms with Crippen molar-refractivity contribution >= 4 is 17.4 Å². The van der Waals surface area contributed by atoms with Crippen molar-refractivity contribution in [2.24, 2.45) is 0 Å². The Labute approximate surface area is 204 Å². The summed E-state index contributed by atoms with van der Waals surface area (Å²) in [6.07, 6.45) is 0. The first-order valence-corrected chi connectivity index (χ1v) is 11.2. The number of para-hydroxylation sites is 1. The van der Waals surface area contributed by atoms with E-state index in [4.69, 9.17) is 14.2 Å². The number of likely N-dealkylation sites (tertiary alicyclic amines) is 1. The van der Waals surface area contributed by atoms with Crippen molar-refractivity contribution in [3.05, 3.63) is 95.1 Å². The Hall–Kier alpha value is -4.10. The van der Waals surface area contributed by atoms with Gasteiger partial charge in [0.15, 0.2) is 0 Å². The Balaban J connectivity index is 1.81. The molecule has 1 unspecified atom stereocenters. The molecule has 1 aliphatic rings. The predicted molar refractivity (Wildman–Crippen MR) is 132 cm³/mol. The van der Waals surface area contributed by atoms with Crippen LogP contribution in [0.1, 0.15) is 22.7 Å². The number of carbonyl (C=O) groups excluding carboxylic acids is 2. The normalized spacial score (nSPS) is 17.0. The number of amides is 1. The third kappa shape index (κ3) is 4.90. The standard InChI is InChI=1S/C28H27NO6/c1-18-16-20(12-13-23(18)34-3)26(30)24-25(29(14-15-33-2)28(32)27(24)31)19-8-7-11-22(17-19)35-21-9-5-4-6-10-21/h4-13,16-17,25,30H,14-15H2,1-3H3. The maximum Gasteiger partial charge on any atom is 0.295 e. The van der Waals surface area contributed by atoms with Gasteiger partial charge in [-0.05, 0) is 60.5 Å². The molecule has 0 saturated carbocycles. The summed E-state index contributed by atoms with van der Waals surface area (Å²) in [5.74, 6) is 0.190.